The van der Waals surface area contributed by atoms with Crippen LogP contribution in [0.15, 0.2) is 48.5 Å². The first-order chi connectivity index (χ1) is 12.2. The van der Waals surface area contributed by atoms with Crippen molar-refractivity contribution < 1.29 is 13.9 Å². The second kappa shape index (κ2) is 7.88. The summed E-state index contributed by atoms with van der Waals surface area (Å²) in [7, 11) is 1.66. The Kier molecular flexibility index (Phi) is 5.38. The Balaban J connectivity index is 1.48. The number of carbonyl (C=O) groups excluding carboxylic acids is 1. The highest BCUT2D eigenvalue weighted by atomic mass is 19.1. The zero-order valence-electron chi connectivity index (χ0n) is 14.2. The minimum absolute atomic E-state index is 0.185. The minimum Gasteiger partial charge on any atom is -0.497 e. The maximum absolute atomic E-state index is 13.5. The lowest BCUT2D eigenvalue weighted by Crippen LogP contribution is -2.34. The number of hydrogen-bond donors (Lipinski definition) is 2. The summed E-state index contributed by atoms with van der Waals surface area (Å²) in [4.78, 5) is 14.2. The van der Waals surface area contributed by atoms with Crippen molar-refractivity contribution in [2.24, 2.45) is 5.92 Å². The van der Waals surface area contributed by atoms with Crippen molar-refractivity contribution >= 4 is 17.4 Å². The van der Waals surface area contributed by atoms with Crippen LogP contribution in [0.25, 0.3) is 0 Å². The van der Waals surface area contributed by atoms with E-state index in [9.17, 15) is 9.18 Å². The molecule has 0 aromatic heterocycles. The Labute approximate surface area is 146 Å². The molecule has 2 amide bonds. The van der Waals surface area contributed by atoms with E-state index >= 15 is 0 Å². The highest BCUT2D eigenvalue weighted by molar-refractivity contribution is 5.89. The van der Waals surface area contributed by atoms with Gasteiger partial charge >= 0.3 is 6.03 Å². The standard InChI is InChI=1S/C19H22FN3O2/c1-25-16-6-4-5-15(11-16)23-10-9-14(13-23)12-21-19(24)22-18-8-3-2-7-17(18)20/h2-8,11,14H,9-10,12-13H2,1H3,(H2,21,22,24)/t14-/m0/s1. The van der Waals surface area contributed by atoms with Crippen LogP contribution in [-0.2, 0) is 0 Å². The third-order valence-corrected chi connectivity index (χ3v) is 4.38. The van der Waals surface area contributed by atoms with Gasteiger partial charge in [0.05, 0.1) is 12.8 Å². The van der Waals surface area contributed by atoms with Crippen molar-refractivity contribution in [3.05, 3.63) is 54.3 Å². The fraction of sp³-hybridized carbons (Fsp3) is 0.316. The average molecular weight is 343 g/mol. The van der Waals surface area contributed by atoms with Gasteiger partial charge in [-0.05, 0) is 36.6 Å². The van der Waals surface area contributed by atoms with E-state index in [0.29, 0.717) is 12.5 Å². The number of amides is 2. The van der Waals surface area contributed by atoms with Gasteiger partial charge in [-0.2, -0.15) is 0 Å². The lowest BCUT2D eigenvalue weighted by molar-refractivity contribution is 0.250. The lowest BCUT2D eigenvalue weighted by atomic mass is 10.1. The summed E-state index contributed by atoms with van der Waals surface area (Å²) >= 11 is 0. The van der Waals surface area contributed by atoms with E-state index < -0.39 is 5.82 Å². The van der Waals surface area contributed by atoms with E-state index in [-0.39, 0.29) is 11.7 Å². The summed E-state index contributed by atoms with van der Waals surface area (Å²) in [5.74, 6) is 0.753. The summed E-state index contributed by atoms with van der Waals surface area (Å²) in [6, 6.07) is 13.7. The van der Waals surface area contributed by atoms with Crippen LogP contribution >= 0.6 is 0 Å². The molecule has 6 heteroatoms. The molecule has 5 nitrogen and oxygen atoms in total. The van der Waals surface area contributed by atoms with Gasteiger partial charge in [-0.15, -0.1) is 0 Å². The van der Waals surface area contributed by atoms with Crippen molar-refractivity contribution in [3.63, 3.8) is 0 Å². The predicted octanol–water partition coefficient (Wildman–Crippen LogP) is 3.48. The average Bonchev–Trinajstić information content (AvgIpc) is 3.11. The molecule has 25 heavy (non-hydrogen) atoms. The van der Waals surface area contributed by atoms with Crippen LogP contribution in [0.3, 0.4) is 0 Å². The van der Waals surface area contributed by atoms with Gasteiger partial charge in [0.25, 0.3) is 0 Å². The molecule has 2 aromatic rings. The Morgan fingerprint density at radius 2 is 2.12 bits per heavy atom. The normalized spacial score (nSPS) is 16.6. The molecule has 1 aliphatic heterocycles. The smallest absolute Gasteiger partial charge is 0.319 e. The van der Waals surface area contributed by atoms with E-state index in [0.717, 1.165) is 30.9 Å². The topological polar surface area (TPSA) is 53.6 Å². The lowest BCUT2D eigenvalue weighted by Gasteiger charge is -2.19. The van der Waals surface area contributed by atoms with E-state index in [4.69, 9.17) is 4.74 Å². The van der Waals surface area contributed by atoms with Gasteiger partial charge in [0.15, 0.2) is 0 Å². The summed E-state index contributed by atoms with van der Waals surface area (Å²) in [5.41, 5.74) is 1.31. The third kappa shape index (κ3) is 4.41. The van der Waals surface area contributed by atoms with Crippen LogP contribution in [0.1, 0.15) is 6.42 Å². The van der Waals surface area contributed by atoms with Crippen molar-refractivity contribution in [2.75, 3.05) is 37.0 Å². The van der Waals surface area contributed by atoms with Gasteiger partial charge in [-0.1, -0.05) is 18.2 Å². The monoisotopic (exact) mass is 343 g/mol. The number of para-hydroxylation sites is 1. The molecule has 2 aromatic carbocycles. The maximum atomic E-state index is 13.5. The summed E-state index contributed by atoms with van der Waals surface area (Å²) < 4.78 is 18.8. The molecule has 2 N–H and O–H groups in total. The van der Waals surface area contributed by atoms with Gasteiger partial charge in [-0.25, -0.2) is 9.18 Å². The zero-order chi connectivity index (χ0) is 17.6. The van der Waals surface area contributed by atoms with Crippen molar-refractivity contribution in [1.29, 1.82) is 0 Å². The molecule has 0 radical (unpaired) electrons. The minimum atomic E-state index is -0.442. The van der Waals surface area contributed by atoms with Crippen LogP contribution in [-0.4, -0.2) is 32.8 Å². The summed E-state index contributed by atoms with van der Waals surface area (Å²) in [5, 5.41) is 5.36. The second-order valence-corrected chi connectivity index (χ2v) is 6.12. The largest absolute Gasteiger partial charge is 0.497 e. The number of benzene rings is 2. The number of ether oxygens (including phenoxy) is 1. The molecule has 1 fully saturated rings. The molecule has 0 aliphatic carbocycles. The molecule has 3 rings (SSSR count). The molecule has 0 saturated carbocycles. The number of carbonyl (C=O) groups is 1. The first kappa shape index (κ1) is 17.1. The number of anilines is 2. The van der Waals surface area contributed by atoms with E-state index in [1.165, 1.54) is 12.1 Å². The Morgan fingerprint density at radius 3 is 2.92 bits per heavy atom. The number of methoxy groups -OCH3 is 1. The van der Waals surface area contributed by atoms with Gasteiger partial charge in [-0.3, -0.25) is 0 Å². The summed E-state index contributed by atoms with van der Waals surface area (Å²) in [6.07, 6.45) is 0.997. The molecule has 1 heterocycles. The third-order valence-electron chi connectivity index (χ3n) is 4.38. The fourth-order valence-electron chi connectivity index (χ4n) is 3.01. The molecule has 0 spiro atoms. The zero-order valence-corrected chi connectivity index (χ0v) is 14.2. The molecule has 1 atom stereocenters. The molecular weight excluding hydrogens is 321 g/mol. The predicted molar refractivity (Wildman–Crippen MR) is 96.7 cm³/mol. The van der Waals surface area contributed by atoms with Crippen LogP contribution in [0.5, 0.6) is 5.75 Å². The molecule has 1 saturated heterocycles. The molecule has 0 bridgehead atoms. The van der Waals surface area contributed by atoms with E-state index in [1.807, 2.05) is 18.2 Å². The van der Waals surface area contributed by atoms with Gasteiger partial charge in [0.2, 0.25) is 0 Å². The van der Waals surface area contributed by atoms with Crippen molar-refractivity contribution in [2.45, 2.75) is 6.42 Å². The van der Waals surface area contributed by atoms with Gasteiger partial charge < -0.3 is 20.3 Å². The van der Waals surface area contributed by atoms with Crippen molar-refractivity contribution in [1.82, 2.24) is 5.32 Å². The highest BCUT2D eigenvalue weighted by Crippen LogP contribution is 2.26. The van der Waals surface area contributed by atoms with Crippen LogP contribution < -0.4 is 20.3 Å². The summed E-state index contributed by atoms with van der Waals surface area (Å²) in [6.45, 7) is 2.36. The Bertz CT molecular complexity index is 738. The maximum Gasteiger partial charge on any atom is 0.319 e. The highest BCUT2D eigenvalue weighted by Gasteiger charge is 2.23. The number of rotatable bonds is 5. The fourth-order valence-corrected chi connectivity index (χ4v) is 3.01. The van der Waals surface area contributed by atoms with Gasteiger partial charge in [0.1, 0.15) is 11.6 Å². The Hall–Kier alpha value is -2.76. The molecule has 132 valence electrons. The number of halogens is 1. The Morgan fingerprint density at radius 1 is 1.28 bits per heavy atom. The van der Waals surface area contributed by atoms with Crippen LogP contribution in [0, 0.1) is 11.7 Å². The quantitative estimate of drug-likeness (QED) is 0.874. The SMILES string of the molecule is COc1cccc(N2CC[C@@H](CNC(=O)Nc3ccccc3F)C2)c1. The molecular formula is C19H22FN3O2. The first-order valence-electron chi connectivity index (χ1n) is 8.34. The first-order valence-corrected chi connectivity index (χ1v) is 8.34. The van der Waals surface area contributed by atoms with E-state index in [1.54, 1.807) is 19.2 Å². The van der Waals surface area contributed by atoms with Crippen LogP contribution in [0.4, 0.5) is 20.6 Å². The number of nitrogens with one attached hydrogen (secondary N) is 2. The molecule has 0 unspecified atom stereocenters. The number of hydrogen-bond acceptors (Lipinski definition) is 3. The van der Waals surface area contributed by atoms with Gasteiger partial charge in [0, 0.05) is 31.4 Å². The van der Waals surface area contributed by atoms with E-state index in [2.05, 4.69) is 21.6 Å². The number of urea groups is 1. The van der Waals surface area contributed by atoms with Crippen molar-refractivity contribution in [3.8, 4) is 5.75 Å². The molecule has 1 aliphatic rings. The second-order valence-electron chi connectivity index (χ2n) is 6.12. The van der Waals surface area contributed by atoms with Crippen LogP contribution in [0.2, 0.25) is 0 Å². The number of nitrogens with zero attached hydrogens (tertiary/aromatic N) is 1.